The quantitative estimate of drug-likeness (QED) is 0.667. The van der Waals surface area contributed by atoms with E-state index in [1.165, 1.54) is 5.56 Å². The summed E-state index contributed by atoms with van der Waals surface area (Å²) >= 11 is 0. The molecule has 2 heteroatoms. The van der Waals surface area contributed by atoms with Gasteiger partial charge in [0.1, 0.15) is 0 Å². The molecule has 104 valence electrons. The SMILES string of the molecule is CCc1ccc(CC(=O)c2cccc3ncccc23)cc1. The fraction of sp³-hybridized carbons (Fsp3) is 0.158. The molecular formula is C19H17NO. The summed E-state index contributed by atoms with van der Waals surface area (Å²) in [5, 5.41) is 0.926. The van der Waals surface area contributed by atoms with Gasteiger partial charge in [-0.2, -0.15) is 0 Å². The first kappa shape index (κ1) is 13.5. The van der Waals surface area contributed by atoms with Crippen LogP contribution in [0.5, 0.6) is 0 Å². The number of carbonyl (C=O) groups excluding carboxylic acids is 1. The molecule has 0 atom stereocenters. The van der Waals surface area contributed by atoms with Crippen LogP contribution in [0.4, 0.5) is 0 Å². The Hall–Kier alpha value is -2.48. The van der Waals surface area contributed by atoms with Gasteiger partial charge < -0.3 is 0 Å². The molecule has 0 radical (unpaired) electrons. The van der Waals surface area contributed by atoms with Gasteiger partial charge in [-0.1, -0.05) is 49.4 Å². The van der Waals surface area contributed by atoms with Crippen molar-refractivity contribution < 1.29 is 4.79 Å². The lowest BCUT2D eigenvalue weighted by Crippen LogP contribution is -2.04. The molecule has 0 bridgehead atoms. The Balaban J connectivity index is 1.90. The van der Waals surface area contributed by atoms with E-state index in [1.54, 1.807) is 6.20 Å². The second-order valence-electron chi connectivity index (χ2n) is 5.15. The number of ketones is 1. The van der Waals surface area contributed by atoms with Crippen molar-refractivity contribution in [2.24, 2.45) is 0 Å². The zero-order valence-corrected chi connectivity index (χ0v) is 12.0. The van der Waals surface area contributed by atoms with E-state index in [0.717, 1.165) is 28.5 Å². The molecule has 0 aliphatic heterocycles. The number of hydrogen-bond acceptors (Lipinski definition) is 2. The lowest BCUT2D eigenvalue weighted by Gasteiger charge is -2.06. The van der Waals surface area contributed by atoms with Crippen molar-refractivity contribution in [1.82, 2.24) is 4.98 Å². The summed E-state index contributed by atoms with van der Waals surface area (Å²) in [6.45, 7) is 2.13. The van der Waals surface area contributed by atoms with Gasteiger partial charge in [0.2, 0.25) is 0 Å². The zero-order chi connectivity index (χ0) is 14.7. The van der Waals surface area contributed by atoms with Crippen molar-refractivity contribution in [3.63, 3.8) is 0 Å². The normalized spacial score (nSPS) is 10.7. The third-order valence-electron chi connectivity index (χ3n) is 3.74. The molecule has 2 aromatic carbocycles. The molecule has 0 N–H and O–H groups in total. The van der Waals surface area contributed by atoms with Gasteiger partial charge >= 0.3 is 0 Å². The highest BCUT2D eigenvalue weighted by atomic mass is 16.1. The van der Waals surface area contributed by atoms with Crippen LogP contribution < -0.4 is 0 Å². The minimum Gasteiger partial charge on any atom is -0.294 e. The number of benzene rings is 2. The molecule has 0 fully saturated rings. The maximum Gasteiger partial charge on any atom is 0.167 e. The summed E-state index contributed by atoms with van der Waals surface area (Å²) in [4.78, 5) is 16.9. The van der Waals surface area contributed by atoms with Gasteiger partial charge in [-0.3, -0.25) is 9.78 Å². The Morgan fingerprint density at radius 2 is 1.71 bits per heavy atom. The fourth-order valence-electron chi connectivity index (χ4n) is 2.52. The fourth-order valence-corrected chi connectivity index (χ4v) is 2.52. The summed E-state index contributed by atoms with van der Waals surface area (Å²) in [6, 6.07) is 17.8. The first-order valence-corrected chi connectivity index (χ1v) is 7.22. The molecule has 0 saturated carbocycles. The van der Waals surface area contributed by atoms with Crippen LogP contribution in [0.15, 0.2) is 60.8 Å². The largest absolute Gasteiger partial charge is 0.294 e. The standard InChI is InChI=1S/C19H17NO/c1-2-14-8-10-15(11-9-14)13-19(21)17-5-3-7-18-16(17)6-4-12-20-18/h3-12H,2,13H2,1H3. The van der Waals surface area contributed by atoms with E-state index in [2.05, 4.69) is 24.0 Å². The molecule has 0 saturated heterocycles. The van der Waals surface area contributed by atoms with E-state index in [1.807, 2.05) is 42.5 Å². The third-order valence-corrected chi connectivity index (χ3v) is 3.74. The van der Waals surface area contributed by atoms with Gasteiger partial charge in [-0.25, -0.2) is 0 Å². The first-order chi connectivity index (χ1) is 10.3. The Bertz CT molecular complexity index is 770. The Morgan fingerprint density at radius 3 is 2.48 bits per heavy atom. The van der Waals surface area contributed by atoms with Crippen molar-refractivity contribution >= 4 is 16.7 Å². The molecule has 0 aliphatic rings. The average molecular weight is 275 g/mol. The summed E-state index contributed by atoms with van der Waals surface area (Å²) in [5.74, 6) is 0.137. The number of Topliss-reactive ketones (excluding diaryl/α,β-unsaturated/α-hetero) is 1. The maximum absolute atomic E-state index is 12.6. The molecule has 1 aromatic heterocycles. The molecular weight excluding hydrogens is 258 g/mol. The Morgan fingerprint density at radius 1 is 0.952 bits per heavy atom. The molecule has 1 heterocycles. The van der Waals surface area contributed by atoms with Crippen molar-refractivity contribution in [3.8, 4) is 0 Å². The van der Waals surface area contributed by atoms with Crippen LogP contribution in [0.2, 0.25) is 0 Å². The molecule has 3 aromatic rings. The number of nitrogens with zero attached hydrogens (tertiary/aromatic N) is 1. The molecule has 0 unspecified atom stereocenters. The molecule has 2 nitrogen and oxygen atoms in total. The topological polar surface area (TPSA) is 30.0 Å². The van der Waals surface area contributed by atoms with Crippen LogP contribution in [0, 0.1) is 0 Å². The van der Waals surface area contributed by atoms with E-state index < -0.39 is 0 Å². The average Bonchev–Trinajstić information content (AvgIpc) is 2.55. The van der Waals surface area contributed by atoms with Crippen LogP contribution in [0.25, 0.3) is 10.9 Å². The van der Waals surface area contributed by atoms with Gasteiger partial charge in [0.25, 0.3) is 0 Å². The van der Waals surface area contributed by atoms with Crippen molar-refractivity contribution in [2.75, 3.05) is 0 Å². The van der Waals surface area contributed by atoms with E-state index >= 15 is 0 Å². The lowest BCUT2D eigenvalue weighted by molar-refractivity contribution is 0.0994. The minimum atomic E-state index is 0.137. The van der Waals surface area contributed by atoms with Crippen LogP contribution in [-0.4, -0.2) is 10.8 Å². The van der Waals surface area contributed by atoms with E-state index in [0.29, 0.717) is 6.42 Å². The summed E-state index contributed by atoms with van der Waals surface area (Å²) in [7, 11) is 0. The van der Waals surface area contributed by atoms with E-state index in [9.17, 15) is 4.79 Å². The predicted molar refractivity (Wildman–Crippen MR) is 85.6 cm³/mol. The second kappa shape index (κ2) is 5.88. The highest BCUT2D eigenvalue weighted by molar-refractivity contribution is 6.08. The zero-order valence-electron chi connectivity index (χ0n) is 12.0. The number of pyridine rings is 1. The van der Waals surface area contributed by atoms with Crippen molar-refractivity contribution in [1.29, 1.82) is 0 Å². The van der Waals surface area contributed by atoms with E-state index in [-0.39, 0.29) is 5.78 Å². The van der Waals surface area contributed by atoms with Crippen LogP contribution in [-0.2, 0) is 12.8 Å². The Labute approximate surface area is 124 Å². The number of carbonyl (C=O) groups is 1. The lowest BCUT2D eigenvalue weighted by atomic mass is 9.98. The minimum absolute atomic E-state index is 0.137. The van der Waals surface area contributed by atoms with Crippen molar-refractivity contribution in [2.45, 2.75) is 19.8 Å². The number of hydrogen-bond donors (Lipinski definition) is 0. The monoisotopic (exact) mass is 275 g/mol. The predicted octanol–water partition coefficient (Wildman–Crippen LogP) is 4.22. The number of rotatable bonds is 4. The Kier molecular flexibility index (Phi) is 3.78. The molecule has 0 spiro atoms. The number of aromatic nitrogens is 1. The van der Waals surface area contributed by atoms with Crippen LogP contribution >= 0.6 is 0 Å². The second-order valence-corrected chi connectivity index (χ2v) is 5.15. The van der Waals surface area contributed by atoms with Crippen LogP contribution in [0.1, 0.15) is 28.4 Å². The third kappa shape index (κ3) is 2.84. The summed E-state index contributed by atoms with van der Waals surface area (Å²) in [6.07, 6.45) is 3.20. The van der Waals surface area contributed by atoms with Gasteiger partial charge in [-0.05, 0) is 29.7 Å². The number of fused-ring (bicyclic) bond motifs is 1. The van der Waals surface area contributed by atoms with E-state index in [4.69, 9.17) is 0 Å². The molecule has 3 rings (SSSR count). The smallest absolute Gasteiger partial charge is 0.167 e. The van der Waals surface area contributed by atoms with Gasteiger partial charge in [0.05, 0.1) is 5.52 Å². The first-order valence-electron chi connectivity index (χ1n) is 7.22. The molecule has 21 heavy (non-hydrogen) atoms. The van der Waals surface area contributed by atoms with Crippen molar-refractivity contribution in [3.05, 3.63) is 77.5 Å². The van der Waals surface area contributed by atoms with Gasteiger partial charge in [-0.15, -0.1) is 0 Å². The van der Waals surface area contributed by atoms with Gasteiger partial charge in [0, 0.05) is 23.6 Å². The highest BCUT2D eigenvalue weighted by Gasteiger charge is 2.11. The molecule has 0 amide bonds. The summed E-state index contributed by atoms with van der Waals surface area (Å²) < 4.78 is 0. The maximum atomic E-state index is 12.6. The van der Waals surface area contributed by atoms with Gasteiger partial charge in [0.15, 0.2) is 5.78 Å². The molecule has 0 aliphatic carbocycles. The van der Waals surface area contributed by atoms with Crippen LogP contribution in [0.3, 0.4) is 0 Å². The highest BCUT2D eigenvalue weighted by Crippen LogP contribution is 2.18. The number of aryl methyl sites for hydroxylation is 1. The summed E-state index contributed by atoms with van der Waals surface area (Å²) in [5.41, 5.74) is 3.96.